The molecule has 7 heteroatoms. The monoisotopic (exact) mass is 423 g/mol. The van der Waals surface area contributed by atoms with E-state index in [0.29, 0.717) is 23.9 Å². The normalized spacial score (nSPS) is 18.5. The summed E-state index contributed by atoms with van der Waals surface area (Å²) in [5.74, 6) is -1.95. The number of nitrogens with zero attached hydrogens (tertiary/aromatic N) is 3. The lowest BCUT2D eigenvalue weighted by Crippen LogP contribution is -2.50. The highest BCUT2D eigenvalue weighted by Gasteiger charge is 2.48. The first-order valence-electron chi connectivity index (χ1n) is 10.6. The molecule has 2 atom stereocenters. The zero-order valence-corrected chi connectivity index (χ0v) is 17.9. The second kappa shape index (κ2) is 8.49. The third-order valence-corrected chi connectivity index (χ3v) is 5.64. The highest BCUT2D eigenvalue weighted by molar-refractivity contribution is 6.08. The van der Waals surface area contributed by atoms with Gasteiger partial charge in [-0.15, -0.1) is 0 Å². The molecule has 0 bridgehead atoms. The summed E-state index contributed by atoms with van der Waals surface area (Å²) < 4.78 is 22.1. The van der Waals surface area contributed by atoms with Crippen molar-refractivity contribution in [2.45, 2.75) is 33.2 Å². The van der Waals surface area contributed by atoms with Crippen molar-refractivity contribution < 1.29 is 18.7 Å². The number of benzene rings is 2. The number of hydrogen-bond acceptors (Lipinski definition) is 4. The van der Waals surface area contributed by atoms with Gasteiger partial charge in [0.2, 0.25) is 11.9 Å². The molecule has 1 amide bonds. The molecule has 0 unspecified atom stereocenters. The molecule has 0 N–H and O–H groups in total. The number of hydrogen-bond donors (Lipinski definition) is 0. The van der Waals surface area contributed by atoms with E-state index in [1.807, 2.05) is 28.8 Å². The number of carbonyl (C=O) groups is 2. The van der Waals surface area contributed by atoms with Crippen molar-refractivity contribution in [3.05, 3.63) is 59.9 Å². The van der Waals surface area contributed by atoms with E-state index < -0.39 is 29.7 Å². The maximum Gasteiger partial charge on any atom is 0.321 e. The number of amides is 1. The van der Waals surface area contributed by atoms with E-state index >= 15 is 0 Å². The summed E-state index contributed by atoms with van der Waals surface area (Å²) in [5.41, 5.74) is 1.69. The first-order valence-corrected chi connectivity index (χ1v) is 10.6. The van der Waals surface area contributed by atoms with Crippen molar-refractivity contribution in [3.63, 3.8) is 0 Å². The van der Waals surface area contributed by atoms with E-state index in [1.165, 1.54) is 6.07 Å². The number of esters is 1. The second-order valence-electron chi connectivity index (χ2n) is 8.14. The van der Waals surface area contributed by atoms with Gasteiger partial charge in [-0.25, -0.2) is 9.37 Å². The van der Waals surface area contributed by atoms with Gasteiger partial charge in [-0.3, -0.25) is 14.5 Å². The van der Waals surface area contributed by atoms with Gasteiger partial charge in [0.05, 0.1) is 23.7 Å². The van der Waals surface area contributed by atoms with Gasteiger partial charge in [0.1, 0.15) is 5.82 Å². The third-order valence-electron chi connectivity index (χ3n) is 5.64. The highest BCUT2D eigenvalue weighted by Crippen LogP contribution is 2.42. The summed E-state index contributed by atoms with van der Waals surface area (Å²) in [6.45, 7) is 6.39. The Bertz CT molecular complexity index is 1120. The minimum absolute atomic E-state index is 0.135. The van der Waals surface area contributed by atoms with Gasteiger partial charge in [-0.2, -0.15) is 0 Å². The minimum atomic E-state index is -1.20. The van der Waals surface area contributed by atoms with Gasteiger partial charge in [0, 0.05) is 12.1 Å². The molecule has 162 valence electrons. The Hall–Kier alpha value is -3.22. The van der Waals surface area contributed by atoms with Crippen molar-refractivity contribution >= 4 is 28.9 Å². The Morgan fingerprint density at radius 2 is 1.87 bits per heavy atom. The molecule has 0 aliphatic carbocycles. The quantitative estimate of drug-likeness (QED) is 0.437. The van der Waals surface area contributed by atoms with Crippen LogP contribution in [0.4, 0.5) is 10.3 Å². The summed E-state index contributed by atoms with van der Waals surface area (Å²) in [5, 5.41) is 0. The lowest BCUT2D eigenvalue weighted by Gasteiger charge is -2.38. The SMILES string of the molecule is CCOC(=O)[C@H]1C(=O)N(CCC(C)C)c2nc3ccccc3n2[C@H]1c1ccccc1F. The second-order valence-corrected chi connectivity index (χ2v) is 8.14. The summed E-state index contributed by atoms with van der Waals surface area (Å²) >= 11 is 0. The lowest BCUT2D eigenvalue weighted by molar-refractivity contribution is -0.153. The third kappa shape index (κ3) is 3.69. The van der Waals surface area contributed by atoms with Gasteiger partial charge in [-0.1, -0.05) is 44.2 Å². The van der Waals surface area contributed by atoms with E-state index in [0.717, 1.165) is 11.9 Å². The Morgan fingerprint density at radius 3 is 2.58 bits per heavy atom. The van der Waals surface area contributed by atoms with E-state index in [-0.39, 0.29) is 12.2 Å². The van der Waals surface area contributed by atoms with E-state index in [4.69, 9.17) is 9.72 Å². The maximum absolute atomic E-state index is 15.0. The maximum atomic E-state index is 15.0. The molecule has 0 fully saturated rings. The smallest absolute Gasteiger partial charge is 0.321 e. The first-order chi connectivity index (χ1) is 14.9. The van der Waals surface area contributed by atoms with Gasteiger partial charge >= 0.3 is 5.97 Å². The molecule has 0 saturated carbocycles. The zero-order valence-electron chi connectivity index (χ0n) is 17.9. The number of para-hydroxylation sites is 2. The van der Waals surface area contributed by atoms with Gasteiger partial charge in [0.25, 0.3) is 0 Å². The predicted octanol–water partition coefficient (Wildman–Crippen LogP) is 4.34. The molecule has 2 aromatic carbocycles. The number of aromatic nitrogens is 2. The Kier molecular flexibility index (Phi) is 5.76. The Labute approximate surface area is 180 Å². The van der Waals surface area contributed by atoms with Crippen LogP contribution < -0.4 is 4.90 Å². The number of imidazole rings is 1. The largest absolute Gasteiger partial charge is 0.465 e. The van der Waals surface area contributed by atoms with Crippen LogP contribution >= 0.6 is 0 Å². The zero-order chi connectivity index (χ0) is 22.1. The highest BCUT2D eigenvalue weighted by atomic mass is 19.1. The number of fused-ring (bicyclic) bond motifs is 3. The van der Waals surface area contributed by atoms with E-state index in [2.05, 4.69) is 13.8 Å². The van der Waals surface area contributed by atoms with Crippen molar-refractivity contribution in [2.24, 2.45) is 11.8 Å². The average Bonchev–Trinajstić information content (AvgIpc) is 3.12. The minimum Gasteiger partial charge on any atom is -0.465 e. The summed E-state index contributed by atoms with van der Waals surface area (Å²) in [7, 11) is 0. The molecule has 2 heterocycles. The molecule has 1 aliphatic rings. The van der Waals surface area contributed by atoms with E-state index in [1.54, 1.807) is 30.0 Å². The fourth-order valence-electron chi connectivity index (χ4n) is 4.14. The molecule has 4 rings (SSSR count). The summed E-state index contributed by atoms with van der Waals surface area (Å²) in [6, 6.07) is 12.8. The van der Waals surface area contributed by atoms with Gasteiger partial charge < -0.3 is 9.30 Å². The number of ether oxygens (including phenoxy) is 1. The molecule has 31 heavy (non-hydrogen) atoms. The molecule has 6 nitrogen and oxygen atoms in total. The summed E-state index contributed by atoms with van der Waals surface area (Å²) in [4.78, 5) is 32.9. The molecule has 1 aliphatic heterocycles. The number of anilines is 1. The standard InChI is InChI=1S/C24H26FN3O3/c1-4-31-23(30)20-21(16-9-5-6-10-17(16)25)28-19-12-8-7-11-18(19)26-24(28)27(22(20)29)14-13-15(2)3/h5-12,15,20-21H,4,13-14H2,1-3H3/t20-,21+/m1/s1. The molecular formula is C24H26FN3O3. The van der Waals surface area contributed by atoms with Crippen molar-refractivity contribution in [1.82, 2.24) is 9.55 Å². The Balaban J connectivity index is 1.98. The van der Waals surface area contributed by atoms with Crippen LogP contribution in [-0.2, 0) is 14.3 Å². The van der Waals surface area contributed by atoms with Crippen molar-refractivity contribution in [1.29, 1.82) is 0 Å². The van der Waals surface area contributed by atoms with Crippen LogP contribution in [0.2, 0.25) is 0 Å². The molecule has 0 saturated heterocycles. The fourth-order valence-corrected chi connectivity index (χ4v) is 4.14. The Morgan fingerprint density at radius 1 is 1.16 bits per heavy atom. The lowest BCUT2D eigenvalue weighted by atomic mass is 9.89. The van der Waals surface area contributed by atoms with Crippen LogP contribution in [0.1, 0.15) is 38.8 Å². The summed E-state index contributed by atoms with van der Waals surface area (Å²) in [6.07, 6.45) is 0.745. The van der Waals surface area contributed by atoms with Gasteiger partial charge in [0.15, 0.2) is 5.92 Å². The van der Waals surface area contributed by atoms with Crippen LogP contribution in [-0.4, -0.2) is 34.6 Å². The van der Waals surface area contributed by atoms with Crippen LogP contribution in [0.25, 0.3) is 11.0 Å². The molecule has 0 spiro atoms. The number of halogens is 1. The van der Waals surface area contributed by atoms with Crippen LogP contribution in [0, 0.1) is 17.7 Å². The predicted molar refractivity (Wildman–Crippen MR) is 116 cm³/mol. The molecular weight excluding hydrogens is 397 g/mol. The average molecular weight is 423 g/mol. The van der Waals surface area contributed by atoms with Crippen LogP contribution in [0.15, 0.2) is 48.5 Å². The topological polar surface area (TPSA) is 64.4 Å². The van der Waals surface area contributed by atoms with Gasteiger partial charge in [-0.05, 0) is 37.5 Å². The first kappa shape index (κ1) is 21.0. The molecule has 3 aromatic rings. The van der Waals surface area contributed by atoms with Crippen molar-refractivity contribution in [3.8, 4) is 0 Å². The fraction of sp³-hybridized carbons (Fsp3) is 0.375. The van der Waals surface area contributed by atoms with Crippen LogP contribution in [0.3, 0.4) is 0 Å². The van der Waals surface area contributed by atoms with Crippen molar-refractivity contribution in [2.75, 3.05) is 18.1 Å². The number of carbonyl (C=O) groups excluding carboxylic acids is 2. The molecule has 0 radical (unpaired) electrons. The van der Waals surface area contributed by atoms with E-state index in [9.17, 15) is 14.0 Å². The molecule has 1 aromatic heterocycles. The van der Waals surface area contributed by atoms with Crippen LogP contribution in [0.5, 0.6) is 0 Å². The number of rotatable bonds is 6.